The normalized spacial score (nSPS) is 12.7. The van der Waals surface area contributed by atoms with E-state index < -0.39 is 0 Å². The molecule has 2 rings (SSSR count). The fraction of sp³-hybridized carbons (Fsp3) is 0.400. The van der Waals surface area contributed by atoms with Gasteiger partial charge >= 0.3 is 0 Å². The van der Waals surface area contributed by atoms with E-state index in [4.69, 9.17) is 10.3 Å². The number of rotatable bonds is 3. The summed E-state index contributed by atoms with van der Waals surface area (Å²) >= 11 is 1.43. The van der Waals surface area contributed by atoms with E-state index in [1.54, 1.807) is 6.20 Å². The molecule has 0 aliphatic heterocycles. The molecule has 0 aliphatic rings. The van der Waals surface area contributed by atoms with Crippen LogP contribution >= 0.6 is 11.3 Å². The summed E-state index contributed by atoms with van der Waals surface area (Å²) in [7, 11) is 0. The molecule has 0 bridgehead atoms. The molecule has 2 aromatic heterocycles. The lowest BCUT2D eigenvalue weighted by Gasteiger charge is -2.12. The van der Waals surface area contributed by atoms with Gasteiger partial charge in [0.15, 0.2) is 5.13 Å². The molecule has 2 aromatic rings. The fourth-order valence-corrected chi connectivity index (χ4v) is 2.39. The Kier molecular flexibility index (Phi) is 2.82. The van der Waals surface area contributed by atoms with Gasteiger partial charge in [0.25, 0.3) is 0 Å². The van der Waals surface area contributed by atoms with Crippen molar-refractivity contribution in [2.24, 2.45) is 0 Å². The highest BCUT2D eigenvalue weighted by molar-refractivity contribution is 7.19. The second-order valence-electron chi connectivity index (χ2n) is 3.67. The van der Waals surface area contributed by atoms with Gasteiger partial charge in [0.2, 0.25) is 0 Å². The number of aromatic nitrogens is 2. The van der Waals surface area contributed by atoms with Gasteiger partial charge in [0, 0.05) is 5.56 Å². The van der Waals surface area contributed by atoms with Crippen LogP contribution < -0.4 is 11.1 Å². The van der Waals surface area contributed by atoms with E-state index in [2.05, 4.69) is 15.5 Å². The minimum Gasteiger partial charge on any atom is -0.389 e. The van der Waals surface area contributed by atoms with Crippen molar-refractivity contribution in [1.29, 1.82) is 0 Å². The van der Waals surface area contributed by atoms with Crippen molar-refractivity contribution in [1.82, 2.24) is 10.1 Å². The molecular weight excluding hydrogens is 224 g/mol. The van der Waals surface area contributed by atoms with Crippen LogP contribution in [0.2, 0.25) is 0 Å². The highest BCUT2D eigenvalue weighted by atomic mass is 32.1. The van der Waals surface area contributed by atoms with Crippen LogP contribution in [0.25, 0.3) is 0 Å². The summed E-state index contributed by atoms with van der Waals surface area (Å²) in [5.74, 6) is 0.835. The maximum absolute atomic E-state index is 5.62. The molecule has 0 amide bonds. The molecule has 0 saturated heterocycles. The Hall–Kier alpha value is -1.56. The average molecular weight is 238 g/mol. The van der Waals surface area contributed by atoms with Gasteiger partial charge in [-0.3, -0.25) is 0 Å². The van der Waals surface area contributed by atoms with Crippen molar-refractivity contribution in [3.63, 3.8) is 0 Å². The number of hydrogen-bond acceptors (Lipinski definition) is 6. The molecule has 0 saturated carbocycles. The van der Waals surface area contributed by atoms with Crippen molar-refractivity contribution in [2.45, 2.75) is 26.8 Å². The van der Waals surface area contributed by atoms with E-state index >= 15 is 0 Å². The van der Waals surface area contributed by atoms with Crippen LogP contribution in [-0.4, -0.2) is 10.1 Å². The van der Waals surface area contributed by atoms with Gasteiger partial charge in [-0.15, -0.1) is 0 Å². The molecule has 6 heteroatoms. The zero-order valence-electron chi connectivity index (χ0n) is 9.44. The van der Waals surface area contributed by atoms with Crippen molar-refractivity contribution in [3.8, 4) is 0 Å². The van der Waals surface area contributed by atoms with Crippen LogP contribution in [-0.2, 0) is 0 Å². The van der Waals surface area contributed by atoms with Crippen LogP contribution in [0.5, 0.6) is 0 Å². The van der Waals surface area contributed by atoms with E-state index in [0.29, 0.717) is 5.00 Å². The third-order valence-electron chi connectivity index (χ3n) is 2.39. The first kappa shape index (κ1) is 10.9. The molecule has 0 aliphatic carbocycles. The Balaban J connectivity index is 2.17. The third-order valence-corrected chi connectivity index (χ3v) is 3.14. The molecular formula is C10H14N4OS. The van der Waals surface area contributed by atoms with Crippen molar-refractivity contribution < 1.29 is 4.52 Å². The molecule has 86 valence electrons. The highest BCUT2D eigenvalue weighted by Gasteiger charge is 2.16. The first-order valence-corrected chi connectivity index (χ1v) is 5.80. The standard InChI is InChI=1S/C10H14N4OS/c1-5(9-6(2)14-15-7(9)3)13-10-12-4-8(11)16-10/h4-5H,11H2,1-3H3,(H,12,13). The van der Waals surface area contributed by atoms with E-state index in [-0.39, 0.29) is 6.04 Å². The van der Waals surface area contributed by atoms with Gasteiger partial charge in [-0.2, -0.15) is 0 Å². The van der Waals surface area contributed by atoms with Gasteiger partial charge in [-0.25, -0.2) is 4.98 Å². The summed E-state index contributed by atoms with van der Waals surface area (Å²) in [6, 6.07) is 0.108. The monoisotopic (exact) mass is 238 g/mol. The van der Waals surface area contributed by atoms with Crippen molar-refractivity contribution in [3.05, 3.63) is 23.2 Å². The number of nitrogens with two attached hydrogens (primary N) is 1. The average Bonchev–Trinajstić information content (AvgIpc) is 2.74. The van der Waals surface area contributed by atoms with E-state index in [1.807, 2.05) is 20.8 Å². The Morgan fingerprint density at radius 2 is 2.25 bits per heavy atom. The predicted molar refractivity (Wildman–Crippen MR) is 64.5 cm³/mol. The molecule has 0 fully saturated rings. The minimum absolute atomic E-state index is 0.108. The Labute approximate surface area is 97.7 Å². The number of hydrogen-bond donors (Lipinski definition) is 2. The second-order valence-corrected chi connectivity index (χ2v) is 4.73. The molecule has 1 unspecified atom stereocenters. The largest absolute Gasteiger partial charge is 0.389 e. The summed E-state index contributed by atoms with van der Waals surface area (Å²) in [4.78, 5) is 4.16. The van der Waals surface area contributed by atoms with Gasteiger partial charge in [0.05, 0.1) is 17.9 Å². The Bertz CT molecular complexity index is 471. The number of anilines is 2. The van der Waals surface area contributed by atoms with Gasteiger partial charge < -0.3 is 15.6 Å². The van der Waals surface area contributed by atoms with Crippen LogP contribution in [0.3, 0.4) is 0 Å². The van der Waals surface area contributed by atoms with Gasteiger partial charge in [-0.05, 0) is 20.8 Å². The van der Waals surface area contributed by atoms with E-state index in [1.165, 1.54) is 11.3 Å². The number of nitrogens with zero attached hydrogens (tertiary/aromatic N) is 2. The number of aryl methyl sites for hydroxylation is 2. The lowest BCUT2D eigenvalue weighted by Crippen LogP contribution is -2.07. The van der Waals surface area contributed by atoms with E-state index in [9.17, 15) is 0 Å². The SMILES string of the molecule is Cc1noc(C)c1C(C)Nc1ncc(N)s1. The lowest BCUT2D eigenvalue weighted by molar-refractivity contribution is 0.392. The molecule has 0 radical (unpaired) electrons. The molecule has 0 aromatic carbocycles. The number of nitrogen functional groups attached to an aromatic ring is 1. The summed E-state index contributed by atoms with van der Waals surface area (Å²) in [5.41, 5.74) is 7.60. The second kappa shape index (κ2) is 4.13. The smallest absolute Gasteiger partial charge is 0.185 e. The number of nitrogens with one attached hydrogen (secondary N) is 1. The quantitative estimate of drug-likeness (QED) is 0.859. The highest BCUT2D eigenvalue weighted by Crippen LogP contribution is 2.27. The van der Waals surface area contributed by atoms with Crippen LogP contribution in [0.1, 0.15) is 30.0 Å². The number of thiazole rings is 1. The predicted octanol–water partition coefficient (Wildman–Crippen LogP) is 2.50. The molecule has 5 nitrogen and oxygen atoms in total. The third kappa shape index (κ3) is 2.01. The zero-order chi connectivity index (χ0) is 11.7. The van der Waals surface area contributed by atoms with Crippen LogP contribution in [0, 0.1) is 13.8 Å². The Morgan fingerprint density at radius 1 is 1.50 bits per heavy atom. The molecule has 16 heavy (non-hydrogen) atoms. The molecule has 2 heterocycles. The van der Waals surface area contributed by atoms with Gasteiger partial charge in [-0.1, -0.05) is 16.5 Å². The maximum atomic E-state index is 5.62. The van der Waals surface area contributed by atoms with Crippen LogP contribution in [0.4, 0.5) is 10.1 Å². The van der Waals surface area contributed by atoms with Crippen LogP contribution in [0.15, 0.2) is 10.7 Å². The Morgan fingerprint density at radius 3 is 2.75 bits per heavy atom. The summed E-state index contributed by atoms with van der Waals surface area (Å²) in [6.07, 6.45) is 1.65. The van der Waals surface area contributed by atoms with Gasteiger partial charge in [0.1, 0.15) is 10.8 Å². The van der Waals surface area contributed by atoms with Crippen molar-refractivity contribution >= 4 is 21.5 Å². The zero-order valence-corrected chi connectivity index (χ0v) is 10.3. The molecule has 0 spiro atoms. The van der Waals surface area contributed by atoms with Crippen molar-refractivity contribution in [2.75, 3.05) is 11.1 Å². The minimum atomic E-state index is 0.108. The molecule has 1 atom stereocenters. The summed E-state index contributed by atoms with van der Waals surface area (Å²) < 4.78 is 5.13. The maximum Gasteiger partial charge on any atom is 0.185 e. The fourth-order valence-electron chi connectivity index (χ4n) is 1.72. The van der Waals surface area contributed by atoms with E-state index in [0.717, 1.165) is 22.1 Å². The summed E-state index contributed by atoms with van der Waals surface area (Å²) in [6.45, 7) is 5.88. The molecule has 3 N–H and O–H groups in total. The first-order chi connectivity index (χ1) is 7.58. The topological polar surface area (TPSA) is 77.0 Å². The first-order valence-electron chi connectivity index (χ1n) is 4.98. The summed E-state index contributed by atoms with van der Waals surface area (Å²) in [5, 5.41) is 8.71. The lowest BCUT2D eigenvalue weighted by atomic mass is 10.1.